The van der Waals surface area contributed by atoms with Crippen molar-refractivity contribution in [1.29, 1.82) is 0 Å². The molecule has 0 aliphatic heterocycles. The van der Waals surface area contributed by atoms with E-state index in [0.29, 0.717) is 6.42 Å². The Bertz CT molecular complexity index is 468. The molecule has 0 aromatic carbocycles. The van der Waals surface area contributed by atoms with E-state index in [4.69, 9.17) is 10.2 Å². The second kappa shape index (κ2) is 21.8. The minimum atomic E-state index is -1.35. The van der Waals surface area contributed by atoms with Gasteiger partial charge in [0.2, 0.25) is 5.91 Å². The Morgan fingerprint density at radius 2 is 1.28 bits per heavy atom. The number of hydrogen-bond donors (Lipinski definition) is 3. The number of carboxylic acids is 2. The van der Waals surface area contributed by atoms with Crippen molar-refractivity contribution in [3.63, 3.8) is 0 Å². The predicted octanol–water partition coefficient (Wildman–Crippen LogP) is 4.42. The Morgan fingerprint density at radius 1 is 0.793 bits per heavy atom. The van der Waals surface area contributed by atoms with Gasteiger partial charge in [0.25, 0.3) is 0 Å². The number of aliphatic carboxylic acids is 2. The number of carboxylic acid groups (broad SMARTS) is 2. The molecule has 0 bridgehead atoms. The summed E-state index contributed by atoms with van der Waals surface area (Å²) in [6.45, 7) is 2.24. The standard InChI is InChI=1S/C22H39NO5.Na.H/c1-2-3-4-5-6-7-8-9-10-11-12-13-14-15-16-17-20(24)23-19(22(27)28)18-21(25)26;;/h9-10,19H,2-8,11-18H2,1H3,(H,23,24)(H,25,26)(H,27,28);;/b10-9-;;/t19-;;/m0../s1. The number of hydrogen-bond acceptors (Lipinski definition) is 3. The summed E-state index contributed by atoms with van der Waals surface area (Å²) in [4.78, 5) is 33.2. The number of rotatable bonds is 19. The fourth-order valence-corrected chi connectivity index (χ4v) is 3.00. The molecule has 0 saturated carbocycles. The summed E-state index contributed by atoms with van der Waals surface area (Å²) in [6, 6.07) is -1.35. The van der Waals surface area contributed by atoms with Crippen LogP contribution in [0.4, 0.5) is 0 Å². The van der Waals surface area contributed by atoms with Crippen molar-refractivity contribution >= 4 is 47.4 Å². The molecule has 7 heteroatoms. The first kappa shape index (κ1) is 30.3. The van der Waals surface area contributed by atoms with Crippen LogP contribution in [0.2, 0.25) is 0 Å². The molecule has 29 heavy (non-hydrogen) atoms. The molecule has 0 heterocycles. The van der Waals surface area contributed by atoms with E-state index in [9.17, 15) is 14.4 Å². The molecule has 1 amide bonds. The SMILES string of the molecule is CCCCCCCC/C=C\CCCCCCCC(=O)N[C@@H](CC(=O)O)C(=O)O.[NaH]. The first-order valence-corrected chi connectivity index (χ1v) is 10.9. The molecule has 1 atom stereocenters. The van der Waals surface area contributed by atoms with E-state index >= 15 is 0 Å². The molecule has 0 radical (unpaired) electrons. The van der Waals surface area contributed by atoms with Gasteiger partial charge >= 0.3 is 41.5 Å². The van der Waals surface area contributed by atoms with Crippen LogP contribution in [0.5, 0.6) is 0 Å². The molecule has 0 aliphatic carbocycles. The van der Waals surface area contributed by atoms with Crippen molar-refractivity contribution in [2.45, 2.75) is 109 Å². The van der Waals surface area contributed by atoms with Gasteiger partial charge < -0.3 is 15.5 Å². The van der Waals surface area contributed by atoms with Crippen LogP contribution in [-0.2, 0) is 14.4 Å². The van der Waals surface area contributed by atoms with Gasteiger partial charge in [-0.1, -0.05) is 70.4 Å². The molecule has 0 rings (SSSR count). The van der Waals surface area contributed by atoms with Crippen LogP contribution in [0.1, 0.15) is 103 Å². The van der Waals surface area contributed by atoms with Crippen LogP contribution in [0.25, 0.3) is 0 Å². The average Bonchev–Trinajstić information content (AvgIpc) is 2.64. The summed E-state index contributed by atoms with van der Waals surface area (Å²) in [5.74, 6) is -2.96. The van der Waals surface area contributed by atoms with E-state index in [0.717, 1.165) is 32.1 Å². The molecule has 0 aromatic rings. The fraction of sp³-hybridized carbons (Fsp3) is 0.773. The third-order valence-corrected chi connectivity index (χ3v) is 4.68. The summed E-state index contributed by atoms with van der Waals surface area (Å²) >= 11 is 0. The van der Waals surface area contributed by atoms with E-state index in [1.807, 2.05) is 0 Å². The number of carbonyl (C=O) groups excluding carboxylic acids is 1. The van der Waals surface area contributed by atoms with Crippen molar-refractivity contribution in [3.05, 3.63) is 12.2 Å². The third kappa shape index (κ3) is 21.7. The predicted molar refractivity (Wildman–Crippen MR) is 118 cm³/mol. The Labute approximate surface area is 198 Å². The van der Waals surface area contributed by atoms with E-state index in [1.165, 1.54) is 44.9 Å². The minimum absolute atomic E-state index is 0. The monoisotopic (exact) mass is 421 g/mol. The Morgan fingerprint density at radius 3 is 1.76 bits per heavy atom. The second-order valence-corrected chi connectivity index (χ2v) is 7.39. The molecule has 3 N–H and O–H groups in total. The first-order chi connectivity index (χ1) is 13.5. The van der Waals surface area contributed by atoms with Crippen molar-refractivity contribution in [3.8, 4) is 0 Å². The van der Waals surface area contributed by atoms with Crippen molar-refractivity contribution < 1.29 is 24.6 Å². The second-order valence-electron chi connectivity index (χ2n) is 7.39. The van der Waals surface area contributed by atoms with Gasteiger partial charge in [-0.15, -0.1) is 0 Å². The van der Waals surface area contributed by atoms with Gasteiger partial charge in [0, 0.05) is 6.42 Å². The number of allylic oxidation sites excluding steroid dienone is 2. The molecule has 0 spiro atoms. The van der Waals surface area contributed by atoms with Crippen LogP contribution >= 0.6 is 0 Å². The normalized spacial score (nSPS) is 11.8. The molecule has 0 saturated heterocycles. The maximum absolute atomic E-state index is 11.7. The summed E-state index contributed by atoms with van der Waals surface area (Å²) in [6.07, 6.45) is 19.4. The van der Waals surface area contributed by atoms with Gasteiger partial charge in [-0.05, 0) is 32.1 Å². The zero-order valence-electron chi connectivity index (χ0n) is 17.5. The summed E-state index contributed by atoms with van der Waals surface area (Å²) in [7, 11) is 0. The van der Waals surface area contributed by atoms with Crippen LogP contribution < -0.4 is 5.32 Å². The fourth-order valence-electron chi connectivity index (χ4n) is 3.00. The molecular formula is C22H40NNaO5. The van der Waals surface area contributed by atoms with Gasteiger partial charge in [0.05, 0.1) is 6.42 Å². The Balaban J connectivity index is 0. The van der Waals surface area contributed by atoms with Crippen LogP contribution in [0.15, 0.2) is 12.2 Å². The molecule has 0 aromatic heterocycles. The van der Waals surface area contributed by atoms with E-state index in [-0.39, 0.29) is 36.0 Å². The van der Waals surface area contributed by atoms with Gasteiger partial charge in [0.1, 0.15) is 6.04 Å². The molecule has 0 unspecified atom stereocenters. The summed E-state index contributed by atoms with van der Waals surface area (Å²) in [5.41, 5.74) is 0. The number of unbranched alkanes of at least 4 members (excludes halogenated alkanes) is 11. The van der Waals surface area contributed by atoms with Crippen LogP contribution in [0, 0.1) is 0 Å². The maximum atomic E-state index is 11.7. The molecular weight excluding hydrogens is 381 g/mol. The average molecular weight is 422 g/mol. The quantitative estimate of drug-likeness (QED) is 0.163. The number of amides is 1. The molecule has 0 fully saturated rings. The molecule has 0 aliphatic rings. The van der Waals surface area contributed by atoms with Gasteiger partial charge in [-0.25, -0.2) is 4.79 Å². The van der Waals surface area contributed by atoms with E-state index in [2.05, 4.69) is 24.4 Å². The van der Waals surface area contributed by atoms with Crippen LogP contribution in [-0.4, -0.2) is 63.7 Å². The van der Waals surface area contributed by atoms with E-state index < -0.39 is 30.3 Å². The molecule has 164 valence electrons. The van der Waals surface area contributed by atoms with Crippen LogP contribution in [0.3, 0.4) is 0 Å². The third-order valence-electron chi connectivity index (χ3n) is 4.68. The van der Waals surface area contributed by atoms with Crippen molar-refractivity contribution in [1.82, 2.24) is 5.32 Å². The Hall–Kier alpha value is -0.850. The Kier molecular flexibility index (Phi) is 22.9. The van der Waals surface area contributed by atoms with Gasteiger partial charge in [0.15, 0.2) is 0 Å². The zero-order chi connectivity index (χ0) is 21.0. The number of nitrogens with one attached hydrogen (secondary N) is 1. The summed E-state index contributed by atoms with van der Waals surface area (Å²) in [5, 5.41) is 19.8. The van der Waals surface area contributed by atoms with Crippen molar-refractivity contribution in [2.75, 3.05) is 0 Å². The van der Waals surface area contributed by atoms with E-state index in [1.54, 1.807) is 0 Å². The number of carbonyl (C=O) groups is 3. The van der Waals surface area contributed by atoms with Crippen molar-refractivity contribution in [2.24, 2.45) is 0 Å². The first-order valence-electron chi connectivity index (χ1n) is 10.9. The topological polar surface area (TPSA) is 104 Å². The van der Waals surface area contributed by atoms with Gasteiger partial charge in [-0.3, -0.25) is 9.59 Å². The zero-order valence-corrected chi connectivity index (χ0v) is 17.5. The van der Waals surface area contributed by atoms with Gasteiger partial charge in [-0.2, -0.15) is 0 Å². The summed E-state index contributed by atoms with van der Waals surface area (Å²) < 4.78 is 0. The molecule has 6 nitrogen and oxygen atoms in total.